The van der Waals surface area contributed by atoms with Crippen molar-refractivity contribution in [2.45, 2.75) is 6.18 Å². The second-order valence-corrected chi connectivity index (χ2v) is 2.78. The number of halogens is 3. The highest BCUT2D eigenvalue weighted by Gasteiger charge is 2.30. The molecular formula is C10H7F3O2. The number of carbonyl (C=O) groups excluding carboxylic acids is 1. The smallest absolute Gasteiger partial charge is 0.416 e. The number of aliphatic hydroxyl groups excluding tert-OH is 1. The highest BCUT2D eigenvalue weighted by molar-refractivity contribution is 6.06. The van der Waals surface area contributed by atoms with E-state index >= 15 is 0 Å². The molecule has 0 atom stereocenters. The molecule has 0 radical (unpaired) electrons. The number of rotatable bonds is 2. The molecule has 1 N–H and O–H groups in total. The molecule has 0 heterocycles. The Morgan fingerprint density at radius 1 is 1.33 bits per heavy atom. The Morgan fingerprint density at radius 3 is 2.47 bits per heavy atom. The van der Waals surface area contributed by atoms with Crippen LogP contribution in [0.2, 0.25) is 0 Å². The SMILES string of the molecule is O=CC(=CO)c1cccc(C(F)(F)F)c1. The van der Waals surface area contributed by atoms with Gasteiger partial charge in [-0.2, -0.15) is 13.2 Å². The number of allylic oxidation sites excluding steroid dienone is 1. The van der Waals surface area contributed by atoms with Crippen LogP contribution in [0.5, 0.6) is 0 Å². The maximum atomic E-state index is 12.3. The van der Waals surface area contributed by atoms with E-state index in [0.29, 0.717) is 6.26 Å². The van der Waals surface area contributed by atoms with Gasteiger partial charge >= 0.3 is 6.18 Å². The lowest BCUT2D eigenvalue weighted by atomic mass is 10.1. The standard InChI is InChI=1S/C10H7F3O2/c11-10(12,13)9-3-1-2-7(4-9)8(5-14)6-15/h1-6,14H. The van der Waals surface area contributed by atoms with Crippen molar-refractivity contribution < 1.29 is 23.1 Å². The quantitative estimate of drug-likeness (QED) is 0.469. The van der Waals surface area contributed by atoms with Gasteiger partial charge in [-0.05, 0) is 17.7 Å². The molecule has 0 aliphatic heterocycles. The van der Waals surface area contributed by atoms with Crippen LogP contribution < -0.4 is 0 Å². The Morgan fingerprint density at radius 2 is 2.00 bits per heavy atom. The largest absolute Gasteiger partial charge is 0.515 e. The van der Waals surface area contributed by atoms with Gasteiger partial charge in [-0.15, -0.1) is 0 Å². The summed E-state index contributed by atoms with van der Waals surface area (Å²) in [6, 6.07) is 4.18. The van der Waals surface area contributed by atoms with Crippen molar-refractivity contribution in [2.75, 3.05) is 0 Å². The summed E-state index contributed by atoms with van der Waals surface area (Å²) >= 11 is 0. The summed E-state index contributed by atoms with van der Waals surface area (Å²) in [7, 11) is 0. The van der Waals surface area contributed by atoms with Gasteiger partial charge in [-0.3, -0.25) is 4.79 Å². The van der Waals surface area contributed by atoms with E-state index in [2.05, 4.69) is 0 Å². The topological polar surface area (TPSA) is 37.3 Å². The Labute approximate surface area is 83.7 Å². The molecule has 80 valence electrons. The summed E-state index contributed by atoms with van der Waals surface area (Å²) in [6.07, 6.45) is -3.70. The fourth-order valence-corrected chi connectivity index (χ4v) is 1.05. The highest BCUT2D eigenvalue weighted by atomic mass is 19.4. The average molecular weight is 216 g/mol. The Balaban J connectivity index is 3.19. The van der Waals surface area contributed by atoms with Crippen molar-refractivity contribution in [3.05, 3.63) is 41.7 Å². The first kappa shape index (κ1) is 11.3. The van der Waals surface area contributed by atoms with Gasteiger partial charge in [0, 0.05) is 0 Å². The number of hydrogen-bond donors (Lipinski definition) is 1. The van der Waals surface area contributed by atoms with E-state index in [9.17, 15) is 18.0 Å². The molecule has 15 heavy (non-hydrogen) atoms. The molecule has 0 aliphatic carbocycles. The van der Waals surface area contributed by atoms with Crippen LogP contribution in [0.15, 0.2) is 30.5 Å². The predicted octanol–water partition coefficient (Wildman–Crippen LogP) is 2.80. The van der Waals surface area contributed by atoms with Gasteiger partial charge in [-0.25, -0.2) is 0 Å². The normalized spacial score (nSPS) is 12.6. The van der Waals surface area contributed by atoms with Crippen LogP contribution in [0, 0.1) is 0 Å². The van der Waals surface area contributed by atoms with E-state index in [-0.39, 0.29) is 17.4 Å². The molecule has 0 unspecified atom stereocenters. The molecule has 5 heteroatoms. The van der Waals surface area contributed by atoms with Crippen molar-refractivity contribution in [2.24, 2.45) is 0 Å². The van der Waals surface area contributed by atoms with E-state index in [0.717, 1.165) is 12.1 Å². The average Bonchev–Trinajstić information content (AvgIpc) is 2.19. The van der Waals surface area contributed by atoms with Crippen molar-refractivity contribution >= 4 is 11.9 Å². The first-order valence-electron chi connectivity index (χ1n) is 3.96. The molecule has 0 spiro atoms. The fraction of sp³-hybridized carbons (Fsp3) is 0.100. The molecule has 0 fully saturated rings. The summed E-state index contributed by atoms with van der Waals surface area (Å²) in [5, 5.41) is 8.60. The predicted molar refractivity (Wildman–Crippen MR) is 48.1 cm³/mol. The van der Waals surface area contributed by atoms with Gasteiger partial charge in [0.25, 0.3) is 0 Å². The van der Waals surface area contributed by atoms with Crippen molar-refractivity contribution in [3.63, 3.8) is 0 Å². The third kappa shape index (κ3) is 2.59. The number of hydrogen-bond acceptors (Lipinski definition) is 2. The van der Waals surface area contributed by atoms with E-state index in [1.807, 2.05) is 0 Å². The van der Waals surface area contributed by atoms with Gasteiger partial charge in [0.15, 0.2) is 6.29 Å². The minimum Gasteiger partial charge on any atom is -0.515 e. The van der Waals surface area contributed by atoms with Gasteiger partial charge in [-0.1, -0.05) is 12.1 Å². The number of aldehydes is 1. The van der Waals surface area contributed by atoms with Gasteiger partial charge in [0.1, 0.15) is 0 Å². The lowest BCUT2D eigenvalue weighted by Gasteiger charge is -2.07. The molecule has 0 aliphatic rings. The van der Waals surface area contributed by atoms with Gasteiger partial charge < -0.3 is 5.11 Å². The summed E-state index contributed by atoms with van der Waals surface area (Å²) in [5.41, 5.74) is -1.02. The molecule has 1 aromatic rings. The van der Waals surface area contributed by atoms with E-state index < -0.39 is 11.7 Å². The lowest BCUT2D eigenvalue weighted by Crippen LogP contribution is -2.05. The Bertz CT molecular complexity index is 394. The minimum absolute atomic E-state index is 0.0299. The second kappa shape index (κ2) is 4.16. The molecule has 0 saturated heterocycles. The van der Waals surface area contributed by atoms with Crippen LogP contribution in [-0.4, -0.2) is 11.4 Å². The third-order valence-corrected chi connectivity index (χ3v) is 1.79. The lowest BCUT2D eigenvalue weighted by molar-refractivity contribution is -0.137. The van der Waals surface area contributed by atoms with E-state index in [1.165, 1.54) is 12.1 Å². The van der Waals surface area contributed by atoms with Crippen LogP contribution in [0.25, 0.3) is 5.57 Å². The van der Waals surface area contributed by atoms with Crippen molar-refractivity contribution in [1.82, 2.24) is 0 Å². The van der Waals surface area contributed by atoms with Crippen molar-refractivity contribution in [1.29, 1.82) is 0 Å². The summed E-state index contributed by atoms with van der Waals surface area (Å²) in [6.45, 7) is 0. The summed E-state index contributed by atoms with van der Waals surface area (Å²) < 4.78 is 36.8. The van der Waals surface area contributed by atoms with Gasteiger partial charge in [0.05, 0.1) is 17.4 Å². The first-order valence-corrected chi connectivity index (χ1v) is 3.96. The second-order valence-electron chi connectivity index (χ2n) is 2.78. The van der Waals surface area contributed by atoms with E-state index in [1.54, 1.807) is 0 Å². The van der Waals surface area contributed by atoms with Crippen LogP contribution in [-0.2, 0) is 11.0 Å². The molecule has 0 bridgehead atoms. The maximum Gasteiger partial charge on any atom is 0.416 e. The van der Waals surface area contributed by atoms with Crippen LogP contribution in [0.3, 0.4) is 0 Å². The number of alkyl halides is 3. The van der Waals surface area contributed by atoms with Crippen LogP contribution in [0.1, 0.15) is 11.1 Å². The number of aliphatic hydroxyl groups is 1. The number of benzene rings is 1. The molecule has 1 aromatic carbocycles. The first-order chi connectivity index (χ1) is 6.99. The zero-order valence-electron chi connectivity index (χ0n) is 7.45. The summed E-state index contributed by atoms with van der Waals surface area (Å²) in [4.78, 5) is 10.4. The van der Waals surface area contributed by atoms with Gasteiger partial charge in [0.2, 0.25) is 0 Å². The molecule has 1 rings (SSSR count). The third-order valence-electron chi connectivity index (χ3n) is 1.79. The highest BCUT2D eigenvalue weighted by Crippen LogP contribution is 2.30. The fourth-order valence-electron chi connectivity index (χ4n) is 1.05. The maximum absolute atomic E-state index is 12.3. The molecular weight excluding hydrogens is 209 g/mol. The zero-order chi connectivity index (χ0) is 11.5. The Kier molecular flexibility index (Phi) is 3.14. The van der Waals surface area contributed by atoms with Crippen molar-refractivity contribution in [3.8, 4) is 0 Å². The monoisotopic (exact) mass is 216 g/mol. The zero-order valence-corrected chi connectivity index (χ0v) is 7.45. The molecule has 0 amide bonds. The molecule has 0 aromatic heterocycles. The summed E-state index contributed by atoms with van der Waals surface area (Å²) in [5.74, 6) is 0. The van der Waals surface area contributed by atoms with Crippen LogP contribution in [0.4, 0.5) is 13.2 Å². The number of carbonyl (C=O) groups is 1. The van der Waals surface area contributed by atoms with Crippen LogP contribution >= 0.6 is 0 Å². The Hall–Kier alpha value is -1.78. The minimum atomic E-state index is -4.46. The molecule has 2 nitrogen and oxygen atoms in total. The molecule has 0 saturated carbocycles. The van der Waals surface area contributed by atoms with E-state index in [4.69, 9.17) is 5.11 Å².